The van der Waals surface area contributed by atoms with Crippen LogP contribution in [0.25, 0.3) is 11.0 Å². The molecule has 0 aliphatic rings. The Labute approximate surface area is 126 Å². The Morgan fingerprint density at radius 1 is 1.14 bits per heavy atom. The molecule has 6 heteroatoms. The van der Waals surface area contributed by atoms with Crippen LogP contribution in [0.5, 0.6) is 0 Å². The fourth-order valence-electron chi connectivity index (χ4n) is 2.19. The number of amides is 1. The number of aryl methyl sites for hydroxylation is 1. The van der Waals surface area contributed by atoms with E-state index in [4.69, 9.17) is 4.74 Å². The molecule has 0 aliphatic heterocycles. The molecule has 1 amide bonds. The zero-order valence-electron chi connectivity index (χ0n) is 12.0. The quantitative estimate of drug-likeness (QED) is 0.694. The molecule has 0 radical (unpaired) electrons. The van der Waals surface area contributed by atoms with Crippen LogP contribution in [0.3, 0.4) is 0 Å². The van der Waals surface area contributed by atoms with E-state index in [0.717, 1.165) is 11.1 Å². The lowest BCUT2D eigenvalue weighted by Gasteiger charge is -2.09. The molecule has 6 nitrogen and oxygen atoms in total. The second-order valence-electron chi connectivity index (χ2n) is 4.98. The Hall–Kier alpha value is -3.02. The van der Waals surface area contributed by atoms with Crippen molar-refractivity contribution in [1.82, 2.24) is 9.97 Å². The van der Waals surface area contributed by atoms with Gasteiger partial charge in [0.1, 0.15) is 6.61 Å². The molecule has 3 N–H and O–H groups in total. The predicted octanol–water partition coefficient (Wildman–Crippen LogP) is 2.91. The number of hydrogen-bond donors (Lipinski definition) is 3. The third-order valence-electron chi connectivity index (χ3n) is 3.31. The fraction of sp³-hybridized carbons (Fsp3) is 0.125. The standard InChI is InChI=1S/C16H15N3O3/c1-10-7-13-14(18-15(20)17-13)8-12(10)19-16(21)22-9-11-5-3-2-4-6-11/h2-8H,9H2,1H3,(H,19,21)(H2,17,18,20). The highest BCUT2D eigenvalue weighted by molar-refractivity contribution is 5.90. The normalized spacial score (nSPS) is 10.6. The summed E-state index contributed by atoms with van der Waals surface area (Å²) >= 11 is 0. The van der Waals surface area contributed by atoms with Gasteiger partial charge in [-0.3, -0.25) is 5.32 Å². The first-order chi connectivity index (χ1) is 10.6. The van der Waals surface area contributed by atoms with E-state index in [2.05, 4.69) is 15.3 Å². The van der Waals surface area contributed by atoms with E-state index in [0.29, 0.717) is 16.7 Å². The third kappa shape index (κ3) is 3.01. The zero-order valence-corrected chi connectivity index (χ0v) is 12.0. The number of benzene rings is 2. The molecule has 0 unspecified atom stereocenters. The van der Waals surface area contributed by atoms with Crippen molar-refractivity contribution in [2.75, 3.05) is 5.32 Å². The van der Waals surface area contributed by atoms with Crippen LogP contribution < -0.4 is 11.0 Å². The summed E-state index contributed by atoms with van der Waals surface area (Å²) in [4.78, 5) is 28.5. The van der Waals surface area contributed by atoms with E-state index in [1.807, 2.05) is 37.3 Å². The maximum Gasteiger partial charge on any atom is 0.411 e. The Kier molecular flexibility index (Phi) is 3.65. The highest BCUT2D eigenvalue weighted by atomic mass is 16.5. The van der Waals surface area contributed by atoms with Gasteiger partial charge in [0.15, 0.2) is 0 Å². The van der Waals surface area contributed by atoms with Crippen molar-refractivity contribution in [2.45, 2.75) is 13.5 Å². The van der Waals surface area contributed by atoms with Crippen molar-refractivity contribution in [3.05, 3.63) is 64.1 Å². The summed E-state index contributed by atoms with van der Waals surface area (Å²) in [5.74, 6) is 0. The molecule has 0 atom stereocenters. The van der Waals surface area contributed by atoms with Crippen LogP contribution in [0.2, 0.25) is 0 Å². The second kappa shape index (κ2) is 5.77. The van der Waals surface area contributed by atoms with Crippen LogP contribution in [-0.4, -0.2) is 16.1 Å². The Morgan fingerprint density at radius 3 is 2.55 bits per heavy atom. The van der Waals surface area contributed by atoms with Gasteiger partial charge in [-0.15, -0.1) is 0 Å². The number of aromatic nitrogens is 2. The van der Waals surface area contributed by atoms with Gasteiger partial charge in [0, 0.05) is 5.69 Å². The number of carbonyl (C=O) groups is 1. The minimum Gasteiger partial charge on any atom is -0.444 e. The van der Waals surface area contributed by atoms with Gasteiger partial charge in [0.05, 0.1) is 11.0 Å². The molecule has 112 valence electrons. The molecule has 1 heterocycles. The average Bonchev–Trinajstić information content (AvgIpc) is 2.85. The maximum atomic E-state index is 11.9. The number of fused-ring (bicyclic) bond motifs is 1. The molecular formula is C16H15N3O3. The molecular weight excluding hydrogens is 282 g/mol. The van der Waals surface area contributed by atoms with Crippen molar-refractivity contribution < 1.29 is 9.53 Å². The number of H-pyrrole nitrogens is 2. The number of anilines is 1. The summed E-state index contributed by atoms with van der Waals surface area (Å²) in [6.45, 7) is 2.05. The number of aromatic amines is 2. The lowest BCUT2D eigenvalue weighted by atomic mass is 10.2. The van der Waals surface area contributed by atoms with Crippen LogP contribution in [0.15, 0.2) is 47.3 Å². The monoisotopic (exact) mass is 297 g/mol. The van der Waals surface area contributed by atoms with Crippen molar-refractivity contribution in [3.63, 3.8) is 0 Å². The molecule has 3 aromatic rings. The minimum absolute atomic E-state index is 0.203. The van der Waals surface area contributed by atoms with Gasteiger partial charge in [0.2, 0.25) is 0 Å². The average molecular weight is 297 g/mol. The Balaban J connectivity index is 1.71. The van der Waals surface area contributed by atoms with E-state index >= 15 is 0 Å². The first-order valence-electron chi connectivity index (χ1n) is 6.82. The molecule has 1 aromatic heterocycles. The number of carbonyl (C=O) groups excluding carboxylic acids is 1. The number of rotatable bonds is 3. The van der Waals surface area contributed by atoms with E-state index in [1.54, 1.807) is 12.1 Å². The van der Waals surface area contributed by atoms with Gasteiger partial charge in [-0.1, -0.05) is 30.3 Å². The van der Waals surface area contributed by atoms with E-state index < -0.39 is 6.09 Å². The Morgan fingerprint density at radius 2 is 1.82 bits per heavy atom. The van der Waals surface area contributed by atoms with Gasteiger partial charge in [-0.05, 0) is 30.2 Å². The van der Waals surface area contributed by atoms with Gasteiger partial charge < -0.3 is 14.7 Å². The molecule has 0 saturated heterocycles. The molecule has 22 heavy (non-hydrogen) atoms. The van der Waals surface area contributed by atoms with Crippen LogP contribution in [0, 0.1) is 6.92 Å². The maximum absolute atomic E-state index is 11.9. The molecule has 2 aromatic carbocycles. The smallest absolute Gasteiger partial charge is 0.411 e. The highest BCUT2D eigenvalue weighted by Gasteiger charge is 2.09. The van der Waals surface area contributed by atoms with Crippen LogP contribution >= 0.6 is 0 Å². The SMILES string of the molecule is Cc1cc2[nH]c(=O)[nH]c2cc1NC(=O)OCc1ccccc1. The van der Waals surface area contributed by atoms with Crippen molar-refractivity contribution in [2.24, 2.45) is 0 Å². The molecule has 0 spiro atoms. The topological polar surface area (TPSA) is 87.0 Å². The summed E-state index contributed by atoms with van der Waals surface area (Å²) in [7, 11) is 0. The number of hydrogen-bond acceptors (Lipinski definition) is 3. The van der Waals surface area contributed by atoms with Gasteiger partial charge in [0.25, 0.3) is 0 Å². The Bertz CT molecular complexity index is 865. The van der Waals surface area contributed by atoms with Crippen LogP contribution in [-0.2, 0) is 11.3 Å². The summed E-state index contributed by atoms with van der Waals surface area (Å²) in [6, 6.07) is 12.9. The number of imidazole rings is 1. The molecule has 0 fully saturated rings. The zero-order chi connectivity index (χ0) is 15.5. The summed E-state index contributed by atoms with van der Waals surface area (Å²) in [5.41, 5.74) is 3.40. The summed E-state index contributed by atoms with van der Waals surface area (Å²) in [5, 5.41) is 2.68. The summed E-state index contributed by atoms with van der Waals surface area (Å²) in [6.07, 6.45) is -0.538. The van der Waals surface area contributed by atoms with E-state index in [9.17, 15) is 9.59 Å². The molecule has 0 aliphatic carbocycles. The minimum atomic E-state index is -0.538. The largest absolute Gasteiger partial charge is 0.444 e. The number of ether oxygens (including phenoxy) is 1. The van der Waals surface area contributed by atoms with Crippen LogP contribution in [0.4, 0.5) is 10.5 Å². The third-order valence-corrected chi connectivity index (χ3v) is 3.31. The molecule has 0 bridgehead atoms. The van der Waals surface area contributed by atoms with Crippen molar-refractivity contribution in [3.8, 4) is 0 Å². The first-order valence-corrected chi connectivity index (χ1v) is 6.82. The fourth-order valence-corrected chi connectivity index (χ4v) is 2.19. The van der Waals surface area contributed by atoms with Crippen LogP contribution in [0.1, 0.15) is 11.1 Å². The van der Waals surface area contributed by atoms with Gasteiger partial charge in [-0.25, -0.2) is 9.59 Å². The molecule has 0 saturated carbocycles. The van der Waals surface area contributed by atoms with E-state index in [1.165, 1.54) is 0 Å². The lowest BCUT2D eigenvalue weighted by molar-refractivity contribution is 0.155. The van der Waals surface area contributed by atoms with Gasteiger partial charge in [-0.2, -0.15) is 0 Å². The summed E-state index contributed by atoms with van der Waals surface area (Å²) < 4.78 is 5.17. The molecule has 3 rings (SSSR count). The van der Waals surface area contributed by atoms with Gasteiger partial charge >= 0.3 is 11.8 Å². The number of nitrogens with one attached hydrogen (secondary N) is 3. The van der Waals surface area contributed by atoms with Crippen molar-refractivity contribution in [1.29, 1.82) is 0 Å². The second-order valence-corrected chi connectivity index (χ2v) is 4.98. The van der Waals surface area contributed by atoms with Crippen molar-refractivity contribution >= 4 is 22.8 Å². The predicted molar refractivity (Wildman–Crippen MR) is 83.9 cm³/mol. The lowest BCUT2D eigenvalue weighted by Crippen LogP contribution is -2.14. The first kappa shape index (κ1) is 13.9. The highest BCUT2D eigenvalue weighted by Crippen LogP contribution is 2.20. The van der Waals surface area contributed by atoms with E-state index in [-0.39, 0.29) is 12.3 Å².